The van der Waals surface area contributed by atoms with Gasteiger partial charge in [-0.1, -0.05) is 0 Å². The molecule has 1 heterocycles. The number of hydrogen-bond acceptors (Lipinski definition) is 4. The lowest BCUT2D eigenvalue weighted by Crippen LogP contribution is -3.12. The number of hydrogen-bond donors (Lipinski definition) is 3. The van der Waals surface area contributed by atoms with Gasteiger partial charge in [-0.05, 0) is 49.6 Å². The number of amides is 2. The number of carbonyl (C=O) groups is 2. The van der Waals surface area contributed by atoms with E-state index in [1.165, 1.54) is 11.3 Å². The fourth-order valence-corrected chi connectivity index (χ4v) is 3.18. The summed E-state index contributed by atoms with van der Waals surface area (Å²) in [6.45, 7) is 5.14. The maximum absolute atomic E-state index is 12.5. The van der Waals surface area contributed by atoms with E-state index in [0.29, 0.717) is 23.7 Å². The van der Waals surface area contributed by atoms with Crippen molar-refractivity contribution in [3.63, 3.8) is 0 Å². The fourth-order valence-electron chi connectivity index (χ4n) is 2.39. The Morgan fingerprint density at radius 1 is 1.28 bits per heavy atom. The second-order valence-electron chi connectivity index (χ2n) is 5.84. The normalized spacial score (nSPS) is 13.1. The molecule has 6 nitrogen and oxygen atoms in total. The van der Waals surface area contributed by atoms with E-state index >= 15 is 0 Å². The first-order valence-corrected chi connectivity index (χ1v) is 9.02. The standard InChI is InChI=1S/C18H23N3O3S/c1-4-24-14-7-5-13(6-8-14)11-21(3)12(2)17(23)20-18-15(16(19)22)9-10-25-18/h5-10,12H,4,11H2,1-3H3,(H2,19,22)(H,20,23)/p+1/t12-/m1/s1. The Morgan fingerprint density at radius 3 is 2.56 bits per heavy atom. The zero-order valence-corrected chi connectivity index (χ0v) is 15.5. The Hall–Kier alpha value is -2.38. The maximum atomic E-state index is 12.5. The van der Waals surface area contributed by atoms with Gasteiger partial charge in [-0.2, -0.15) is 0 Å². The minimum Gasteiger partial charge on any atom is -0.494 e. The van der Waals surface area contributed by atoms with Crippen LogP contribution >= 0.6 is 11.3 Å². The van der Waals surface area contributed by atoms with Crippen LogP contribution in [0.3, 0.4) is 0 Å². The number of likely N-dealkylation sites (N-methyl/N-ethyl adjacent to an activating group) is 1. The van der Waals surface area contributed by atoms with Gasteiger partial charge in [0.15, 0.2) is 6.04 Å². The Kier molecular flexibility index (Phi) is 6.55. The first kappa shape index (κ1) is 19.0. The summed E-state index contributed by atoms with van der Waals surface area (Å²) in [4.78, 5) is 24.8. The molecular weight excluding hydrogens is 338 g/mol. The zero-order valence-electron chi connectivity index (χ0n) is 14.7. The first-order valence-electron chi connectivity index (χ1n) is 8.14. The van der Waals surface area contributed by atoms with E-state index in [2.05, 4.69) is 5.32 Å². The van der Waals surface area contributed by atoms with Gasteiger partial charge in [0.2, 0.25) is 0 Å². The average Bonchev–Trinajstić information content (AvgIpc) is 3.04. The lowest BCUT2D eigenvalue weighted by molar-refractivity contribution is -0.907. The maximum Gasteiger partial charge on any atom is 0.282 e. The van der Waals surface area contributed by atoms with Crippen LogP contribution in [0.5, 0.6) is 5.75 Å². The van der Waals surface area contributed by atoms with E-state index in [9.17, 15) is 9.59 Å². The van der Waals surface area contributed by atoms with Gasteiger partial charge < -0.3 is 20.7 Å². The molecule has 2 aromatic rings. The molecule has 0 radical (unpaired) electrons. The predicted octanol–water partition coefficient (Wildman–Crippen LogP) is 1.29. The SMILES string of the molecule is CCOc1ccc(C[NH+](C)[C@H](C)C(=O)Nc2sccc2C(N)=O)cc1. The Bertz CT molecular complexity index is 727. The van der Waals surface area contributed by atoms with Gasteiger partial charge >= 0.3 is 0 Å². The summed E-state index contributed by atoms with van der Waals surface area (Å²) >= 11 is 1.29. The molecule has 1 aromatic carbocycles. The molecule has 1 aromatic heterocycles. The molecule has 0 bridgehead atoms. The number of nitrogens with two attached hydrogens (primary N) is 1. The molecule has 0 fully saturated rings. The molecule has 0 aliphatic carbocycles. The van der Waals surface area contributed by atoms with Crippen molar-refractivity contribution in [2.24, 2.45) is 5.73 Å². The quantitative estimate of drug-likeness (QED) is 0.661. The van der Waals surface area contributed by atoms with Crippen LogP contribution in [0.1, 0.15) is 29.8 Å². The molecule has 0 saturated carbocycles. The van der Waals surface area contributed by atoms with E-state index in [1.54, 1.807) is 11.4 Å². The van der Waals surface area contributed by atoms with E-state index in [-0.39, 0.29) is 11.9 Å². The summed E-state index contributed by atoms with van der Waals surface area (Å²) in [5.41, 5.74) is 6.77. The van der Waals surface area contributed by atoms with Crippen LogP contribution in [0.2, 0.25) is 0 Å². The third kappa shape index (κ3) is 5.04. The molecule has 0 saturated heterocycles. The van der Waals surface area contributed by atoms with Crippen molar-refractivity contribution in [2.45, 2.75) is 26.4 Å². The molecule has 25 heavy (non-hydrogen) atoms. The largest absolute Gasteiger partial charge is 0.494 e. The van der Waals surface area contributed by atoms with Crippen molar-refractivity contribution >= 4 is 28.2 Å². The van der Waals surface area contributed by atoms with Crippen LogP contribution in [0.4, 0.5) is 5.00 Å². The van der Waals surface area contributed by atoms with Crippen LogP contribution in [0.15, 0.2) is 35.7 Å². The Balaban J connectivity index is 1.96. The zero-order chi connectivity index (χ0) is 18.4. The smallest absolute Gasteiger partial charge is 0.282 e. The molecule has 2 amide bonds. The molecule has 0 spiro atoms. The van der Waals surface area contributed by atoms with E-state index in [4.69, 9.17) is 10.5 Å². The monoisotopic (exact) mass is 362 g/mol. The molecule has 0 aliphatic rings. The van der Waals surface area contributed by atoms with Crippen molar-refractivity contribution in [1.29, 1.82) is 0 Å². The molecule has 0 aliphatic heterocycles. The number of anilines is 1. The number of nitrogens with one attached hydrogen (secondary N) is 2. The van der Waals surface area contributed by atoms with Crippen LogP contribution in [0.25, 0.3) is 0 Å². The minimum atomic E-state index is -0.542. The van der Waals surface area contributed by atoms with E-state index in [1.807, 2.05) is 45.2 Å². The average molecular weight is 362 g/mol. The molecule has 4 N–H and O–H groups in total. The lowest BCUT2D eigenvalue weighted by Gasteiger charge is -2.21. The summed E-state index contributed by atoms with van der Waals surface area (Å²) in [5.74, 6) is 0.152. The summed E-state index contributed by atoms with van der Waals surface area (Å²) < 4.78 is 5.43. The van der Waals surface area contributed by atoms with Gasteiger partial charge in [-0.25, -0.2) is 0 Å². The number of ether oxygens (including phenoxy) is 1. The van der Waals surface area contributed by atoms with Crippen LogP contribution < -0.4 is 20.7 Å². The van der Waals surface area contributed by atoms with Crippen molar-refractivity contribution in [2.75, 3.05) is 19.0 Å². The van der Waals surface area contributed by atoms with Crippen LogP contribution in [0, 0.1) is 0 Å². The highest BCUT2D eigenvalue weighted by atomic mass is 32.1. The number of benzene rings is 1. The number of carbonyl (C=O) groups excluding carboxylic acids is 2. The molecular formula is C18H24N3O3S+. The molecule has 1 unspecified atom stereocenters. The summed E-state index contributed by atoms with van der Waals surface area (Å²) in [7, 11) is 1.96. The first-order chi connectivity index (χ1) is 11.9. The molecule has 2 rings (SSSR count). The van der Waals surface area contributed by atoms with Crippen LogP contribution in [-0.4, -0.2) is 31.5 Å². The van der Waals surface area contributed by atoms with Gasteiger partial charge in [0.05, 0.1) is 19.2 Å². The van der Waals surface area contributed by atoms with Gasteiger partial charge in [0, 0.05) is 5.56 Å². The molecule has 2 atom stereocenters. The lowest BCUT2D eigenvalue weighted by atomic mass is 10.2. The Labute approximate surface area is 151 Å². The summed E-state index contributed by atoms with van der Waals surface area (Å²) in [6, 6.07) is 9.20. The van der Waals surface area contributed by atoms with Gasteiger partial charge in [0.1, 0.15) is 17.3 Å². The molecule has 7 heteroatoms. The molecule has 134 valence electrons. The topological polar surface area (TPSA) is 85.9 Å². The second kappa shape index (κ2) is 8.64. The number of quaternary nitrogens is 1. The van der Waals surface area contributed by atoms with E-state index in [0.717, 1.165) is 16.2 Å². The van der Waals surface area contributed by atoms with E-state index < -0.39 is 5.91 Å². The Morgan fingerprint density at radius 2 is 1.96 bits per heavy atom. The minimum absolute atomic E-state index is 0.145. The second-order valence-corrected chi connectivity index (χ2v) is 6.75. The highest BCUT2D eigenvalue weighted by molar-refractivity contribution is 7.14. The number of thiophene rings is 1. The number of primary amides is 1. The predicted molar refractivity (Wildman–Crippen MR) is 99.1 cm³/mol. The van der Waals surface area contributed by atoms with Crippen molar-refractivity contribution in [1.82, 2.24) is 0 Å². The third-order valence-corrected chi connectivity index (χ3v) is 4.85. The summed E-state index contributed by atoms with van der Waals surface area (Å²) in [5, 5.41) is 5.03. The van der Waals surface area contributed by atoms with Crippen molar-refractivity contribution in [3.8, 4) is 5.75 Å². The third-order valence-electron chi connectivity index (χ3n) is 4.02. The van der Waals surface area contributed by atoms with Gasteiger partial charge in [-0.3, -0.25) is 9.59 Å². The van der Waals surface area contributed by atoms with Crippen molar-refractivity contribution < 1.29 is 19.2 Å². The highest BCUT2D eigenvalue weighted by Crippen LogP contribution is 2.22. The summed E-state index contributed by atoms with van der Waals surface area (Å²) in [6.07, 6.45) is 0. The number of rotatable bonds is 8. The van der Waals surface area contributed by atoms with Gasteiger partial charge in [-0.15, -0.1) is 11.3 Å². The van der Waals surface area contributed by atoms with Crippen LogP contribution in [-0.2, 0) is 11.3 Å². The van der Waals surface area contributed by atoms with Crippen molar-refractivity contribution in [3.05, 3.63) is 46.8 Å². The van der Waals surface area contributed by atoms with Gasteiger partial charge in [0.25, 0.3) is 11.8 Å². The highest BCUT2D eigenvalue weighted by Gasteiger charge is 2.24. The fraction of sp³-hybridized carbons (Fsp3) is 0.333.